The quantitative estimate of drug-likeness (QED) is 0.861. The van der Waals surface area contributed by atoms with Crippen LogP contribution in [0, 0.1) is 0 Å². The van der Waals surface area contributed by atoms with Crippen molar-refractivity contribution in [1.29, 1.82) is 0 Å². The molecule has 0 aromatic heterocycles. The first-order valence-electron chi connectivity index (χ1n) is 5.33. The molecule has 0 heterocycles. The van der Waals surface area contributed by atoms with Crippen molar-refractivity contribution in [1.82, 2.24) is 0 Å². The van der Waals surface area contributed by atoms with Gasteiger partial charge in [-0.3, -0.25) is 4.79 Å². The molecule has 0 unspecified atom stereocenters. The van der Waals surface area contributed by atoms with Gasteiger partial charge in [-0.25, -0.2) is 8.42 Å². The van der Waals surface area contributed by atoms with Crippen LogP contribution in [-0.4, -0.2) is 19.7 Å². The molecule has 0 aliphatic heterocycles. The average molecular weight is 294 g/mol. The minimum absolute atomic E-state index is 0.168. The SMILES string of the molecule is CC(=O)C(C)(C)c1ccc(S(=O)(=O)C(F)(F)F)cc1. The van der Waals surface area contributed by atoms with Gasteiger partial charge in [-0.05, 0) is 38.5 Å². The van der Waals surface area contributed by atoms with Crippen molar-refractivity contribution in [3.05, 3.63) is 29.8 Å². The second-order valence-electron chi connectivity index (χ2n) is 4.65. The summed E-state index contributed by atoms with van der Waals surface area (Å²) in [5, 5.41) is 0. The number of Topliss-reactive ketones (excluding diaryl/α,β-unsaturated/α-hetero) is 1. The zero-order valence-corrected chi connectivity index (χ0v) is 11.4. The Hall–Kier alpha value is -1.37. The van der Waals surface area contributed by atoms with E-state index in [4.69, 9.17) is 0 Å². The minimum atomic E-state index is -5.34. The molecule has 0 amide bonds. The van der Waals surface area contributed by atoms with Crippen LogP contribution in [0.4, 0.5) is 13.2 Å². The third-order valence-corrected chi connectivity index (χ3v) is 4.57. The summed E-state index contributed by atoms with van der Waals surface area (Å²) in [4.78, 5) is 10.6. The molecule has 0 aliphatic rings. The number of carbonyl (C=O) groups excluding carboxylic acids is 1. The number of carbonyl (C=O) groups is 1. The fraction of sp³-hybridized carbons (Fsp3) is 0.417. The lowest BCUT2D eigenvalue weighted by Gasteiger charge is -2.22. The number of ketones is 1. The van der Waals surface area contributed by atoms with Crippen LogP contribution >= 0.6 is 0 Å². The highest BCUT2D eigenvalue weighted by atomic mass is 32.2. The normalized spacial score (nSPS) is 13.4. The number of halogens is 3. The van der Waals surface area contributed by atoms with Crippen LogP contribution in [0.25, 0.3) is 0 Å². The molecule has 0 fully saturated rings. The number of hydrogen-bond acceptors (Lipinski definition) is 3. The molecule has 3 nitrogen and oxygen atoms in total. The minimum Gasteiger partial charge on any atom is -0.299 e. The number of rotatable bonds is 3. The van der Waals surface area contributed by atoms with Gasteiger partial charge in [0.25, 0.3) is 9.84 Å². The first kappa shape index (κ1) is 15.7. The zero-order valence-electron chi connectivity index (χ0n) is 10.6. The number of sulfone groups is 1. The lowest BCUT2D eigenvalue weighted by molar-refractivity contribution is -0.121. The van der Waals surface area contributed by atoms with Crippen LogP contribution in [-0.2, 0) is 20.0 Å². The highest BCUT2D eigenvalue weighted by Crippen LogP contribution is 2.32. The van der Waals surface area contributed by atoms with Crippen LogP contribution < -0.4 is 0 Å². The highest BCUT2D eigenvalue weighted by molar-refractivity contribution is 7.92. The Kier molecular flexibility index (Phi) is 3.82. The summed E-state index contributed by atoms with van der Waals surface area (Å²) in [5.41, 5.74) is -5.74. The summed E-state index contributed by atoms with van der Waals surface area (Å²) in [6, 6.07) is 4.17. The van der Waals surface area contributed by atoms with Gasteiger partial charge >= 0.3 is 5.51 Å². The van der Waals surface area contributed by atoms with Gasteiger partial charge in [0.05, 0.1) is 4.90 Å². The molecule has 0 atom stereocenters. The van der Waals surface area contributed by atoms with E-state index in [-0.39, 0.29) is 5.78 Å². The van der Waals surface area contributed by atoms with E-state index in [2.05, 4.69) is 0 Å². The lowest BCUT2D eigenvalue weighted by Crippen LogP contribution is -2.27. The second kappa shape index (κ2) is 4.63. The third-order valence-electron chi connectivity index (χ3n) is 3.07. The van der Waals surface area contributed by atoms with Gasteiger partial charge in [-0.1, -0.05) is 12.1 Å². The molecule has 0 N–H and O–H groups in total. The van der Waals surface area contributed by atoms with Crippen molar-refractivity contribution in [3.63, 3.8) is 0 Å². The molecular weight excluding hydrogens is 281 g/mol. The van der Waals surface area contributed by atoms with Crippen molar-refractivity contribution in [2.45, 2.75) is 36.6 Å². The van der Waals surface area contributed by atoms with Crippen molar-refractivity contribution >= 4 is 15.6 Å². The van der Waals surface area contributed by atoms with Crippen LogP contribution in [0.2, 0.25) is 0 Å². The van der Waals surface area contributed by atoms with Crippen LogP contribution in [0.5, 0.6) is 0 Å². The Labute approximate surface area is 109 Å². The molecule has 1 aromatic rings. The number of hydrogen-bond donors (Lipinski definition) is 0. The fourth-order valence-electron chi connectivity index (χ4n) is 1.39. The zero-order chi connectivity index (χ0) is 15.1. The van der Waals surface area contributed by atoms with Crippen molar-refractivity contribution in [2.24, 2.45) is 0 Å². The predicted molar refractivity (Wildman–Crippen MR) is 63.4 cm³/mol. The summed E-state index contributed by atoms with van der Waals surface area (Å²) in [6.07, 6.45) is 0. The number of alkyl halides is 3. The maximum absolute atomic E-state index is 12.3. The van der Waals surface area contributed by atoms with Gasteiger partial charge in [-0.2, -0.15) is 13.2 Å². The van der Waals surface area contributed by atoms with Gasteiger partial charge in [0, 0.05) is 5.41 Å². The van der Waals surface area contributed by atoms with Crippen LogP contribution in [0.3, 0.4) is 0 Å². The van der Waals surface area contributed by atoms with Gasteiger partial charge < -0.3 is 0 Å². The molecule has 19 heavy (non-hydrogen) atoms. The molecule has 0 bridgehead atoms. The smallest absolute Gasteiger partial charge is 0.299 e. The van der Waals surface area contributed by atoms with Gasteiger partial charge in [-0.15, -0.1) is 0 Å². The fourth-order valence-corrected chi connectivity index (χ4v) is 2.15. The van der Waals surface area contributed by atoms with Crippen molar-refractivity contribution in [2.75, 3.05) is 0 Å². The molecule has 0 aliphatic carbocycles. The molecule has 1 rings (SSSR count). The molecule has 0 saturated carbocycles. The van der Waals surface area contributed by atoms with E-state index in [1.807, 2.05) is 0 Å². The Bertz CT molecular complexity index is 584. The molecule has 7 heteroatoms. The largest absolute Gasteiger partial charge is 0.501 e. The molecule has 0 spiro atoms. The molecular formula is C12H13F3O3S. The summed E-state index contributed by atoms with van der Waals surface area (Å²) in [6.45, 7) is 4.59. The molecule has 0 radical (unpaired) electrons. The maximum atomic E-state index is 12.3. The topological polar surface area (TPSA) is 51.2 Å². The molecule has 1 aromatic carbocycles. The average Bonchev–Trinajstić information content (AvgIpc) is 2.27. The summed E-state index contributed by atoms with van der Waals surface area (Å²) >= 11 is 0. The number of benzene rings is 1. The summed E-state index contributed by atoms with van der Waals surface area (Å²) in [5.74, 6) is -0.168. The lowest BCUT2D eigenvalue weighted by atomic mass is 9.81. The van der Waals surface area contributed by atoms with Crippen molar-refractivity contribution < 1.29 is 26.4 Å². The van der Waals surface area contributed by atoms with E-state index in [1.54, 1.807) is 13.8 Å². The third kappa shape index (κ3) is 2.80. The standard InChI is InChI=1S/C12H13F3O3S/c1-8(16)11(2,3)9-4-6-10(7-5-9)19(17,18)12(13,14)15/h4-7H,1-3H3. The van der Waals surface area contributed by atoms with E-state index in [0.29, 0.717) is 5.56 Å². The summed E-state index contributed by atoms with van der Waals surface area (Å²) in [7, 11) is -5.34. The Morgan fingerprint density at radius 1 is 1.05 bits per heavy atom. The van der Waals surface area contributed by atoms with E-state index >= 15 is 0 Å². The van der Waals surface area contributed by atoms with Crippen LogP contribution in [0.1, 0.15) is 26.3 Å². The van der Waals surface area contributed by atoms with Crippen LogP contribution in [0.15, 0.2) is 29.2 Å². The monoisotopic (exact) mass is 294 g/mol. The van der Waals surface area contributed by atoms with E-state index in [9.17, 15) is 26.4 Å². The maximum Gasteiger partial charge on any atom is 0.501 e. The summed E-state index contributed by atoms with van der Waals surface area (Å²) < 4.78 is 59.3. The first-order chi connectivity index (χ1) is 8.40. The van der Waals surface area contributed by atoms with E-state index in [1.165, 1.54) is 19.1 Å². The van der Waals surface area contributed by atoms with Gasteiger partial charge in [0.1, 0.15) is 5.78 Å². The van der Waals surface area contributed by atoms with E-state index < -0.39 is 25.7 Å². The van der Waals surface area contributed by atoms with Gasteiger partial charge in [0.2, 0.25) is 0 Å². The van der Waals surface area contributed by atoms with Gasteiger partial charge in [0.15, 0.2) is 0 Å². The van der Waals surface area contributed by atoms with Crippen molar-refractivity contribution in [3.8, 4) is 0 Å². The highest BCUT2D eigenvalue weighted by Gasteiger charge is 2.46. The molecule has 106 valence electrons. The Morgan fingerprint density at radius 2 is 1.47 bits per heavy atom. The Balaban J connectivity index is 3.26. The first-order valence-corrected chi connectivity index (χ1v) is 6.82. The predicted octanol–water partition coefficient (Wildman–Crippen LogP) is 2.85. The van der Waals surface area contributed by atoms with E-state index in [0.717, 1.165) is 12.1 Å². The Morgan fingerprint density at radius 3 is 1.79 bits per heavy atom. The molecule has 0 saturated heterocycles. The second-order valence-corrected chi connectivity index (χ2v) is 6.60.